The van der Waals surface area contributed by atoms with Gasteiger partial charge in [-0.15, -0.1) is 0 Å². The van der Waals surface area contributed by atoms with Crippen LogP contribution in [0, 0.1) is 5.82 Å². The number of aromatic nitrogens is 2. The van der Waals surface area contributed by atoms with Gasteiger partial charge in [0.15, 0.2) is 0 Å². The van der Waals surface area contributed by atoms with Gasteiger partial charge >= 0.3 is 6.03 Å². The maximum atomic E-state index is 13.2. The molecule has 0 unspecified atom stereocenters. The van der Waals surface area contributed by atoms with Crippen LogP contribution in [0.5, 0.6) is 11.5 Å². The first kappa shape index (κ1) is 18.1. The Morgan fingerprint density at radius 3 is 2.33 bits per heavy atom. The quantitative estimate of drug-likeness (QED) is 0.718. The van der Waals surface area contributed by atoms with E-state index in [0.717, 1.165) is 0 Å². The number of nitrogens with two attached hydrogens (primary N) is 1. The predicted molar refractivity (Wildman–Crippen MR) is 99.2 cm³/mol. The minimum Gasteiger partial charge on any atom is -0.497 e. The van der Waals surface area contributed by atoms with E-state index in [9.17, 15) is 9.18 Å². The van der Waals surface area contributed by atoms with Crippen LogP contribution in [0.25, 0.3) is 22.5 Å². The average Bonchev–Trinajstić information content (AvgIpc) is 2.67. The number of anilines is 1. The van der Waals surface area contributed by atoms with Gasteiger partial charge < -0.3 is 15.2 Å². The molecule has 3 N–H and O–H groups in total. The van der Waals surface area contributed by atoms with Gasteiger partial charge in [-0.05, 0) is 42.5 Å². The Morgan fingerprint density at radius 2 is 1.70 bits per heavy atom. The number of hydrogen-bond acceptors (Lipinski definition) is 5. The Kier molecular flexibility index (Phi) is 5.16. The summed E-state index contributed by atoms with van der Waals surface area (Å²) in [4.78, 5) is 19.9. The molecule has 1 heterocycles. The number of carbonyl (C=O) groups excluding carboxylic acids is 1. The summed E-state index contributed by atoms with van der Waals surface area (Å²) in [6.45, 7) is 0. The van der Waals surface area contributed by atoms with Gasteiger partial charge in [-0.25, -0.2) is 19.2 Å². The van der Waals surface area contributed by atoms with Crippen LogP contribution in [0.15, 0.2) is 48.5 Å². The Labute approximate surface area is 155 Å². The van der Waals surface area contributed by atoms with E-state index in [2.05, 4.69) is 15.3 Å². The van der Waals surface area contributed by atoms with Gasteiger partial charge in [0.1, 0.15) is 17.3 Å². The summed E-state index contributed by atoms with van der Waals surface area (Å²) in [5, 5.41) is 2.37. The predicted octanol–water partition coefficient (Wildman–Crippen LogP) is 3.46. The second kappa shape index (κ2) is 7.69. The fourth-order valence-electron chi connectivity index (χ4n) is 2.53. The van der Waals surface area contributed by atoms with Gasteiger partial charge in [-0.2, -0.15) is 0 Å². The van der Waals surface area contributed by atoms with Crippen molar-refractivity contribution in [1.29, 1.82) is 0 Å². The second-order valence-electron chi connectivity index (χ2n) is 5.52. The van der Waals surface area contributed by atoms with E-state index in [4.69, 9.17) is 15.2 Å². The van der Waals surface area contributed by atoms with Crippen LogP contribution in [0.3, 0.4) is 0 Å². The number of ether oxygens (including phenoxy) is 2. The molecular weight excluding hydrogens is 351 g/mol. The molecule has 2 aromatic carbocycles. The van der Waals surface area contributed by atoms with Crippen molar-refractivity contribution in [3.05, 3.63) is 54.3 Å². The lowest BCUT2D eigenvalue weighted by molar-refractivity contribution is 0.259. The Hall–Kier alpha value is -3.68. The molecule has 0 fully saturated rings. The third-order valence-corrected chi connectivity index (χ3v) is 3.79. The Bertz CT molecular complexity index is 977. The zero-order valence-electron chi connectivity index (χ0n) is 14.7. The number of primary amides is 1. The topological polar surface area (TPSA) is 99.4 Å². The number of rotatable bonds is 5. The molecule has 0 aliphatic rings. The summed E-state index contributed by atoms with van der Waals surface area (Å²) in [5.74, 6) is 0.819. The number of carbonyl (C=O) groups is 1. The van der Waals surface area contributed by atoms with Crippen molar-refractivity contribution in [2.75, 3.05) is 19.5 Å². The van der Waals surface area contributed by atoms with Gasteiger partial charge in [0, 0.05) is 17.2 Å². The molecule has 0 saturated heterocycles. The lowest BCUT2D eigenvalue weighted by Gasteiger charge is -2.12. The van der Waals surface area contributed by atoms with Crippen molar-refractivity contribution in [3.8, 4) is 34.0 Å². The summed E-state index contributed by atoms with van der Waals surface area (Å²) in [6, 6.07) is 12.0. The standard InChI is InChI=1S/C19H17FN4O3/c1-26-13-7-8-14(17(9-13)27-2)16-10-15(11-3-5-12(20)6-4-11)22-19(23-16)24-18(21)25/h3-10H,1-2H3,(H3,21,22,23,24,25). The van der Waals surface area contributed by atoms with Crippen LogP contribution in [0.4, 0.5) is 15.1 Å². The van der Waals surface area contributed by atoms with Crippen molar-refractivity contribution in [3.63, 3.8) is 0 Å². The highest BCUT2D eigenvalue weighted by Crippen LogP contribution is 2.34. The van der Waals surface area contributed by atoms with Gasteiger partial charge in [-0.1, -0.05) is 0 Å². The molecule has 0 atom stereocenters. The molecule has 3 aromatic rings. The molecule has 27 heavy (non-hydrogen) atoms. The molecule has 0 bridgehead atoms. The van der Waals surface area contributed by atoms with Crippen molar-refractivity contribution in [2.24, 2.45) is 5.73 Å². The van der Waals surface area contributed by atoms with E-state index in [1.807, 2.05) is 0 Å². The maximum absolute atomic E-state index is 13.2. The fraction of sp³-hybridized carbons (Fsp3) is 0.105. The van der Waals surface area contributed by atoms with E-state index in [1.54, 1.807) is 43.5 Å². The molecule has 2 amide bonds. The SMILES string of the molecule is COc1ccc(-c2cc(-c3ccc(F)cc3)nc(NC(N)=O)n2)c(OC)c1. The summed E-state index contributed by atoms with van der Waals surface area (Å²) < 4.78 is 23.9. The van der Waals surface area contributed by atoms with Crippen LogP contribution in [0.2, 0.25) is 0 Å². The molecular formula is C19H17FN4O3. The number of nitrogens with zero attached hydrogens (tertiary/aromatic N) is 2. The van der Waals surface area contributed by atoms with E-state index in [-0.39, 0.29) is 11.8 Å². The van der Waals surface area contributed by atoms with Crippen molar-refractivity contribution in [1.82, 2.24) is 9.97 Å². The molecule has 8 heteroatoms. The monoisotopic (exact) mass is 368 g/mol. The maximum Gasteiger partial charge on any atom is 0.319 e. The third-order valence-electron chi connectivity index (χ3n) is 3.79. The Morgan fingerprint density at radius 1 is 1.00 bits per heavy atom. The van der Waals surface area contributed by atoms with Gasteiger partial charge in [0.05, 0.1) is 25.6 Å². The van der Waals surface area contributed by atoms with Gasteiger partial charge in [-0.3, -0.25) is 5.32 Å². The molecule has 3 rings (SSSR count). The van der Waals surface area contributed by atoms with Crippen LogP contribution in [-0.4, -0.2) is 30.2 Å². The van der Waals surface area contributed by atoms with E-state index >= 15 is 0 Å². The highest BCUT2D eigenvalue weighted by molar-refractivity contribution is 5.86. The number of amides is 2. The minimum absolute atomic E-state index is 0.0252. The highest BCUT2D eigenvalue weighted by atomic mass is 19.1. The largest absolute Gasteiger partial charge is 0.497 e. The first-order valence-electron chi connectivity index (χ1n) is 7.94. The first-order chi connectivity index (χ1) is 13.0. The van der Waals surface area contributed by atoms with Crippen LogP contribution >= 0.6 is 0 Å². The van der Waals surface area contributed by atoms with Crippen molar-refractivity contribution in [2.45, 2.75) is 0 Å². The van der Waals surface area contributed by atoms with E-state index in [0.29, 0.717) is 34.0 Å². The number of halogens is 1. The summed E-state index contributed by atoms with van der Waals surface area (Å²) in [6.07, 6.45) is 0. The fourth-order valence-corrected chi connectivity index (χ4v) is 2.53. The molecule has 0 aliphatic carbocycles. The molecule has 1 aromatic heterocycles. The van der Waals surface area contributed by atoms with Crippen LogP contribution < -0.4 is 20.5 Å². The summed E-state index contributed by atoms with van der Waals surface area (Å²) in [5.41, 5.74) is 7.49. The number of benzene rings is 2. The number of urea groups is 1. The summed E-state index contributed by atoms with van der Waals surface area (Å²) in [7, 11) is 3.09. The van der Waals surface area contributed by atoms with Gasteiger partial charge in [0.2, 0.25) is 5.95 Å². The first-order valence-corrected chi connectivity index (χ1v) is 7.94. The zero-order valence-corrected chi connectivity index (χ0v) is 14.7. The second-order valence-corrected chi connectivity index (χ2v) is 5.52. The number of nitrogens with one attached hydrogen (secondary N) is 1. The minimum atomic E-state index is -0.793. The van der Waals surface area contributed by atoms with E-state index < -0.39 is 6.03 Å². The Balaban J connectivity index is 2.16. The smallest absolute Gasteiger partial charge is 0.319 e. The van der Waals surface area contributed by atoms with Crippen molar-refractivity contribution >= 4 is 12.0 Å². The number of hydrogen-bond donors (Lipinski definition) is 2. The average molecular weight is 368 g/mol. The third kappa shape index (κ3) is 4.12. The van der Waals surface area contributed by atoms with Crippen LogP contribution in [-0.2, 0) is 0 Å². The molecule has 0 saturated carbocycles. The molecule has 138 valence electrons. The van der Waals surface area contributed by atoms with Crippen molar-refractivity contribution < 1.29 is 18.7 Å². The molecule has 0 spiro atoms. The molecule has 0 radical (unpaired) electrons. The van der Waals surface area contributed by atoms with E-state index in [1.165, 1.54) is 19.2 Å². The summed E-state index contributed by atoms with van der Waals surface area (Å²) >= 11 is 0. The molecule has 0 aliphatic heterocycles. The lowest BCUT2D eigenvalue weighted by Crippen LogP contribution is -2.21. The number of methoxy groups -OCH3 is 2. The molecule has 7 nitrogen and oxygen atoms in total. The normalized spacial score (nSPS) is 10.3. The van der Waals surface area contributed by atoms with Crippen LogP contribution in [0.1, 0.15) is 0 Å². The highest BCUT2D eigenvalue weighted by Gasteiger charge is 2.14. The zero-order chi connectivity index (χ0) is 19.4. The lowest BCUT2D eigenvalue weighted by atomic mass is 10.1. The van der Waals surface area contributed by atoms with Gasteiger partial charge in [0.25, 0.3) is 0 Å².